The van der Waals surface area contributed by atoms with Gasteiger partial charge in [0.05, 0.1) is 10.7 Å². The second-order valence-corrected chi connectivity index (χ2v) is 5.67. The minimum Gasteiger partial charge on any atom is -0.381 e. The van der Waals surface area contributed by atoms with E-state index in [0.29, 0.717) is 17.0 Å². The highest BCUT2D eigenvalue weighted by molar-refractivity contribution is 6.33. The van der Waals surface area contributed by atoms with Crippen molar-refractivity contribution in [2.24, 2.45) is 5.92 Å². The zero-order valence-electron chi connectivity index (χ0n) is 11.6. The summed E-state index contributed by atoms with van der Waals surface area (Å²) in [6, 6.07) is 8.17. The molecular weight excluding hydrogens is 258 g/mol. The lowest BCUT2D eigenvalue weighted by Gasteiger charge is -2.20. The van der Waals surface area contributed by atoms with Crippen molar-refractivity contribution in [2.45, 2.75) is 33.2 Å². The van der Waals surface area contributed by atoms with Gasteiger partial charge in [-0.15, -0.1) is 0 Å². The first-order valence-electron chi connectivity index (χ1n) is 6.63. The molecule has 1 atom stereocenters. The van der Waals surface area contributed by atoms with Gasteiger partial charge in [-0.1, -0.05) is 31.5 Å². The van der Waals surface area contributed by atoms with E-state index in [2.05, 4.69) is 31.2 Å². The summed E-state index contributed by atoms with van der Waals surface area (Å²) in [5, 5.41) is 8.49. The van der Waals surface area contributed by atoms with Crippen LogP contribution in [-0.4, -0.2) is 15.8 Å². The molecule has 1 aromatic heterocycles. The summed E-state index contributed by atoms with van der Waals surface area (Å²) in [4.78, 5) is 0. The summed E-state index contributed by atoms with van der Waals surface area (Å²) in [6.07, 6.45) is 4.77. The SMILES string of the molecule is CC(C)CC(C)Nc1cccc(Cl)c1-n1cccn1. The van der Waals surface area contributed by atoms with Gasteiger partial charge in [-0.25, -0.2) is 4.68 Å². The Hall–Kier alpha value is -1.48. The molecule has 0 bridgehead atoms. The third-order valence-electron chi connectivity index (χ3n) is 2.95. The number of halogens is 1. The van der Waals surface area contributed by atoms with Crippen LogP contribution in [0.5, 0.6) is 0 Å². The number of nitrogens with zero attached hydrogens (tertiary/aromatic N) is 2. The second kappa shape index (κ2) is 6.11. The van der Waals surface area contributed by atoms with E-state index < -0.39 is 0 Å². The zero-order valence-corrected chi connectivity index (χ0v) is 12.4. The van der Waals surface area contributed by atoms with E-state index in [4.69, 9.17) is 11.6 Å². The van der Waals surface area contributed by atoms with Crippen molar-refractivity contribution in [3.8, 4) is 5.69 Å². The molecule has 102 valence electrons. The van der Waals surface area contributed by atoms with Gasteiger partial charge in [-0.05, 0) is 37.5 Å². The Bertz CT molecular complexity index is 520. The van der Waals surface area contributed by atoms with E-state index >= 15 is 0 Å². The standard InChI is InChI=1S/C15H20ClN3/c1-11(2)10-12(3)18-14-7-4-6-13(16)15(14)19-9-5-8-17-19/h4-9,11-12,18H,10H2,1-3H3. The van der Waals surface area contributed by atoms with Crippen molar-refractivity contribution in [1.29, 1.82) is 0 Å². The van der Waals surface area contributed by atoms with Crippen molar-refractivity contribution in [2.75, 3.05) is 5.32 Å². The normalized spacial score (nSPS) is 12.7. The first kappa shape index (κ1) is 13.9. The zero-order chi connectivity index (χ0) is 13.8. The summed E-state index contributed by atoms with van der Waals surface area (Å²) in [6.45, 7) is 6.64. The van der Waals surface area contributed by atoms with Gasteiger partial charge in [0, 0.05) is 18.4 Å². The fraction of sp³-hybridized carbons (Fsp3) is 0.400. The van der Waals surface area contributed by atoms with E-state index in [0.717, 1.165) is 17.8 Å². The Balaban J connectivity index is 2.28. The van der Waals surface area contributed by atoms with Crippen LogP contribution in [0.3, 0.4) is 0 Å². The van der Waals surface area contributed by atoms with Crippen LogP contribution in [-0.2, 0) is 0 Å². The topological polar surface area (TPSA) is 29.9 Å². The van der Waals surface area contributed by atoms with Crippen molar-refractivity contribution >= 4 is 17.3 Å². The molecule has 0 saturated carbocycles. The molecule has 0 radical (unpaired) electrons. The first-order chi connectivity index (χ1) is 9.08. The highest BCUT2D eigenvalue weighted by Crippen LogP contribution is 2.28. The van der Waals surface area contributed by atoms with Gasteiger partial charge in [0.2, 0.25) is 0 Å². The molecule has 1 aromatic carbocycles. The van der Waals surface area contributed by atoms with Gasteiger partial charge >= 0.3 is 0 Å². The average Bonchev–Trinajstić information content (AvgIpc) is 2.81. The molecule has 2 rings (SSSR count). The predicted octanol–water partition coefficient (Wildman–Crippen LogP) is 4.37. The molecule has 0 aliphatic heterocycles. The van der Waals surface area contributed by atoms with E-state index in [-0.39, 0.29) is 0 Å². The maximum absolute atomic E-state index is 6.31. The number of aromatic nitrogens is 2. The summed E-state index contributed by atoms with van der Waals surface area (Å²) < 4.78 is 1.80. The van der Waals surface area contributed by atoms with Crippen LogP contribution >= 0.6 is 11.6 Å². The van der Waals surface area contributed by atoms with Gasteiger partial charge in [0.25, 0.3) is 0 Å². The Kier molecular flexibility index (Phi) is 4.48. The summed E-state index contributed by atoms with van der Waals surface area (Å²) in [7, 11) is 0. The van der Waals surface area contributed by atoms with E-state index in [1.54, 1.807) is 10.9 Å². The first-order valence-corrected chi connectivity index (χ1v) is 7.00. The smallest absolute Gasteiger partial charge is 0.106 e. The van der Waals surface area contributed by atoms with Gasteiger partial charge in [-0.2, -0.15) is 5.10 Å². The van der Waals surface area contributed by atoms with E-state index in [9.17, 15) is 0 Å². The predicted molar refractivity (Wildman–Crippen MR) is 81.1 cm³/mol. The van der Waals surface area contributed by atoms with E-state index in [1.165, 1.54) is 0 Å². The summed E-state index contributed by atoms with van der Waals surface area (Å²) >= 11 is 6.31. The quantitative estimate of drug-likeness (QED) is 0.879. The van der Waals surface area contributed by atoms with E-state index in [1.807, 2.05) is 30.5 Å². The molecule has 0 spiro atoms. The second-order valence-electron chi connectivity index (χ2n) is 5.26. The number of anilines is 1. The van der Waals surface area contributed by atoms with Crippen LogP contribution in [0.25, 0.3) is 5.69 Å². The molecule has 0 fully saturated rings. The van der Waals surface area contributed by atoms with Gasteiger partial charge in [-0.3, -0.25) is 0 Å². The van der Waals surface area contributed by atoms with Crippen LogP contribution in [0.1, 0.15) is 27.2 Å². The molecule has 0 saturated heterocycles. The number of nitrogens with one attached hydrogen (secondary N) is 1. The molecule has 2 aromatic rings. The Morgan fingerprint density at radius 2 is 2.05 bits per heavy atom. The summed E-state index contributed by atoms with van der Waals surface area (Å²) in [5.41, 5.74) is 1.93. The van der Waals surface area contributed by atoms with Crippen molar-refractivity contribution < 1.29 is 0 Å². The molecule has 3 nitrogen and oxygen atoms in total. The number of hydrogen-bond donors (Lipinski definition) is 1. The lowest BCUT2D eigenvalue weighted by Crippen LogP contribution is -2.18. The third-order valence-corrected chi connectivity index (χ3v) is 3.25. The summed E-state index contributed by atoms with van der Waals surface area (Å²) in [5.74, 6) is 0.662. The molecule has 1 N–H and O–H groups in total. The van der Waals surface area contributed by atoms with Crippen molar-refractivity contribution in [1.82, 2.24) is 9.78 Å². The number of benzene rings is 1. The van der Waals surface area contributed by atoms with Crippen molar-refractivity contribution in [3.63, 3.8) is 0 Å². The molecule has 1 heterocycles. The van der Waals surface area contributed by atoms with Gasteiger partial charge < -0.3 is 5.32 Å². The fourth-order valence-electron chi connectivity index (χ4n) is 2.30. The minimum absolute atomic E-state index is 0.396. The Labute approximate surface area is 119 Å². The van der Waals surface area contributed by atoms with Gasteiger partial charge in [0.15, 0.2) is 0 Å². The van der Waals surface area contributed by atoms with Gasteiger partial charge in [0.1, 0.15) is 5.69 Å². The number of rotatable bonds is 5. The van der Waals surface area contributed by atoms with Crippen LogP contribution in [0.2, 0.25) is 5.02 Å². The highest BCUT2D eigenvalue weighted by Gasteiger charge is 2.12. The van der Waals surface area contributed by atoms with Crippen LogP contribution < -0.4 is 5.32 Å². The van der Waals surface area contributed by atoms with Crippen LogP contribution in [0.4, 0.5) is 5.69 Å². The maximum Gasteiger partial charge on any atom is 0.106 e. The molecule has 4 heteroatoms. The maximum atomic E-state index is 6.31. The molecule has 0 aliphatic rings. The molecule has 19 heavy (non-hydrogen) atoms. The average molecular weight is 278 g/mol. The minimum atomic E-state index is 0.396. The Morgan fingerprint density at radius 1 is 1.26 bits per heavy atom. The molecule has 1 unspecified atom stereocenters. The number of para-hydroxylation sites is 1. The number of hydrogen-bond acceptors (Lipinski definition) is 2. The van der Waals surface area contributed by atoms with Crippen LogP contribution in [0, 0.1) is 5.92 Å². The van der Waals surface area contributed by atoms with Crippen molar-refractivity contribution in [3.05, 3.63) is 41.7 Å². The Morgan fingerprint density at radius 3 is 2.68 bits per heavy atom. The highest BCUT2D eigenvalue weighted by atomic mass is 35.5. The lowest BCUT2D eigenvalue weighted by atomic mass is 10.0. The van der Waals surface area contributed by atoms with Crippen LogP contribution in [0.15, 0.2) is 36.7 Å². The molecule has 0 aliphatic carbocycles. The molecule has 0 amide bonds. The largest absolute Gasteiger partial charge is 0.381 e. The lowest BCUT2D eigenvalue weighted by molar-refractivity contribution is 0.539. The fourth-order valence-corrected chi connectivity index (χ4v) is 2.56. The third kappa shape index (κ3) is 3.51. The molecular formula is C15H20ClN3. The monoisotopic (exact) mass is 277 g/mol.